The molecule has 0 unspecified atom stereocenters. The van der Waals surface area contributed by atoms with Gasteiger partial charge < -0.3 is 15.2 Å². The smallest absolute Gasteiger partial charge is 0.201 e. The summed E-state index contributed by atoms with van der Waals surface area (Å²) in [5, 5.41) is 8.95. The van der Waals surface area contributed by atoms with Crippen LogP contribution in [-0.4, -0.2) is 35.1 Å². The van der Waals surface area contributed by atoms with Gasteiger partial charge in [0.25, 0.3) is 0 Å². The van der Waals surface area contributed by atoms with Crippen molar-refractivity contribution >= 4 is 17.0 Å². The van der Waals surface area contributed by atoms with Crippen molar-refractivity contribution in [3.63, 3.8) is 0 Å². The predicted molar refractivity (Wildman–Crippen MR) is 76.6 cm³/mol. The van der Waals surface area contributed by atoms with Crippen molar-refractivity contribution in [2.75, 3.05) is 26.4 Å². The van der Waals surface area contributed by atoms with Gasteiger partial charge in [-0.1, -0.05) is 0 Å². The van der Waals surface area contributed by atoms with Crippen molar-refractivity contribution in [3.05, 3.63) is 23.8 Å². The number of hydrogen-bond acceptors (Lipinski definition) is 4. The van der Waals surface area contributed by atoms with Gasteiger partial charge in [-0.2, -0.15) is 5.26 Å². The maximum absolute atomic E-state index is 8.95. The van der Waals surface area contributed by atoms with Crippen LogP contribution in [0.15, 0.2) is 18.2 Å². The van der Waals surface area contributed by atoms with E-state index in [2.05, 4.69) is 30.0 Å². The van der Waals surface area contributed by atoms with E-state index in [0.29, 0.717) is 11.5 Å². The Balaban J connectivity index is 2.17. The van der Waals surface area contributed by atoms with Gasteiger partial charge in [0.05, 0.1) is 22.7 Å². The number of fused-ring (bicyclic) bond motifs is 1. The first-order chi connectivity index (χ1) is 9.11. The molecule has 0 aliphatic carbocycles. The minimum Gasteiger partial charge on any atom is -0.369 e. The third kappa shape index (κ3) is 3.04. The number of anilines is 1. The summed E-state index contributed by atoms with van der Waals surface area (Å²) < 4.78 is 1.99. The van der Waals surface area contributed by atoms with Crippen LogP contribution in [-0.2, 0) is 6.54 Å². The minimum atomic E-state index is 0.523. The maximum Gasteiger partial charge on any atom is 0.201 e. The molecule has 0 radical (unpaired) electrons. The van der Waals surface area contributed by atoms with Crippen LogP contribution in [0.1, 0.15) is 18.4 Å². The molecule has 0 spiro atoms. The molecule has 2 aromatic rings. The Bertz CT molecular complexity index is 606. The molecule has 1 aromatic heterocycles. The van der Waals surface area contributed by atoms with E-state index in [1.54, 1.807) is 6.07 Å². The Morgan fingerprint density at radius 1 is 1.37 bits per heavy atom. The van der Waals surface area contributed by atoms with E-state index in [-0.39, 0.29) is 0 Å². The number of unbranched alkanes of at least 4 members (excludes halogenated alkanes) is 1. The number of benzene rings is 1. The highest BCUT2D eigenvalue weighted by Gasteiger charge is 2.08. The highest BCUT2D eigenvalue weighted by atomic mass is 15.1. The minimum absolute atomic E-state index is 0.523. The maximum atomic E-state index is 8.95. The number of hydrogen-bond donors (Lipinski definition) is 1. The molecule has 2 rings (SSSR count). The Hall–Kier alpha value is -2.06. The van der Waals surface area contributed by atoms with Gasteiger partial charge in [-0.05, 0) is 51.7 Å². The van der Waals surface area contributed by atoms with Gasteiger partial charge in [0.15, 0.2) is 0 Å². The molecule has 2 N–H and O–H groups in total. The lowest BCUT2D eigenvalue weighted by Crippen LogP contribution is -2.13. The molecule has 5 heteroatoms. The number of imidazole rings is 1. The molecule has 100 valence electrons. The van der Waals surface area contributed by atoms with E-state index >= 15 is 0 Å². The highest BCUT2D eigenvalue weighted by Crippen LogP contribution is 2.19. The van der Waals surface area contributed by atoms with Crippen molar-refractivity contribution < 1.29 is 0 Å². The fourth-order valence-electron chi connectivity index (χ4n) is 2.14. The van der Waals surface area contributed by atoms with Gasteiger partial charge in [-0.25, -0.2) is 4.98 Å². The summed E-state index contributed by atoms with van der Waals surface area (Å²) in [4.78, 5) is 6.49. The summed E-state index contributed by atoms with van der Waals surface area (Å²) in [6, 6.07) is 7.62. The molecule has 0 saturated heterocycles. The lowest BCUT2D eigenvalue weighted by atomic mass is 10.2. The molecule has 19 heavy (non-hydrogen) atoms. The third-order valence-electron chi connectivity index (χ3n) is 3.14. The summed E-state index contributed by atoms with van der Waals surface area (Å²) in [6.07, 6.45) is 2.16. The zero-order valence-electron chi connectivity index (χ0n) is 11.4. The van der Waals surface area contributed by atoms with Gasteiger partial charge in [0, 0.05) is 6.54 Å². The normalized spacial score (nSPS) is 11.1. The SMILES string of the molecule is CN(C)CCCCn1c(N)nc2ccc(C#N)cc21. The number of nitriles is 1. The summed E-state index contributed by atoms with van der Waals surface area (Å²) >= 11 is 0. The molecule has 5 nitrogen and oxygen atoms in total. The zero-order chi connectivity index (χ0) is 13.8. The number of nitrogen functional groups attached to an aromatic ring is 1. The molecule has 0 fully saturated rings. The largest absolute Gasteiger partial charge is 0.369 e. The lowest BCUT2D eigenvalue weighted by Gasteiger charge is -2.10. The predicted octanol–water partition coefficient (Wildman–Crippen LogP) is 1.83. The van der Waals surface area contributed by atoms with Crippen LogP contribution in [0, 0.1) is 11.3 Å². The van der Waals surface area contributed by atoms with Crippen molar-refractivity contribution in [2.24, 2.45) is 0 Å². The summed E-state index contributed by atoms with van der Waals surface area (Å²) in [7, 11) is 4.14. The van der Waals surface area contributed by atoms with E-state index in [1.165, 1.54) is 0 Å². The van der Waals surface area contributed by atoms with Crippen LogP contribution in [0.4, 0.5) is 5.95 Å². The number of rotatable bonds is 5. The second-order valence-corrected chi connectivity index (χ2v) is 4.95. The average Bonchev–Trinajstić information content (AvgIpc) is 2.69. The molecule has 1 aromatic carbocycles. The van der Waals surface area contributed by atoms with E-state index in [1.807, 2.05) is 16.7 Å². The Morgan fingerprint density at radius 3 is 2.84 bits per heavy atom. The first kappa shape index (κ1) is 13.4. The van der Waals surface area contributed by atoms with Crippen molar-refractivity contribution in [3.8, 4) is 6.07 Å². The number of aromatic nitrogens is 2. The lowest BCUT2D eigenvalue weighted by molar-refractivity contribution is 0.388. The number of nitrogens with zero attached hydrogens (tertiary/aromatic N) is 4. The first-order valence-electron chi connectivity index (χ1n) is 6.42. The van der Waals surface area contributed by atoms with Gasteiger partial charge >= 0.3 is 0 Å². The number of aryl methyl sites for hydroxylation is 1. The molecule has 0 aliphatic heterocycles. The van der Waals surface area contributed by atoms with Gasteiger partial charge in [-0.3, -0.25) is 0 Å². The Labute approximate surface area is 113 Å². The van der Waals surface area contributed by atoms with Crippen LogP contribution in [0.25, 0.3) is 11.0 Å². The first-order valence-corrected chi connectivity index (χ1v) is 6.42. The molecular formula is C14H19N5. The van der Waals surface area contributed by atoms with Crippen LogP contribution in [0.5, 0.6) is 0 Å². The monoisotopic (exact) mass is 257 g/mol. The van der Waals surface area contributed by atoms with Gasteiger partial charge in [0.1, 0.15) is 0 Å². The van der Waals surface area contributed by atoms with Crippen LogP contribution in [0.2, 0.25) is 0 Å². The van der Waals surface area contributed by atoms with Gasteiger partial charge in [-0.15, -0.1) is 0 Å². The van der Waals surface area contributed by atoms with Crippen molar-refractivity contribution in [2.45, 2.75) is 19.4 Å². The molecule has 0 amide bonds. The van der Waals surface area contributed by atoms with Crippen molar-refractivity contribution in [1.82, 2.24) is 14.5 Å². The van der Waals surface area contributed by atoms with Crippen molar-refractivity contribution in [1.29, 1.82) is 5.26 Å². The fraction of sp³-hybridized carbons (Fsp3) is 0.429. The summed E-state index contributed by atoms with van der Waals surface area (Å²) in [5.41, 5.74) is 8.38. The average molecular weight is 257 g/mol. The molecule has 0 aliphatic rings. The van der Waals surface area contributed by atoms with E-state index < -0.39 is 0 Å². The van der Waals surface area contributed by atoms with Crippen LogP contribution in [0.3, 0.4) is 0 Å². The third-order valence-corrected chi connectivity index (χ3v) is 3.14. The molecule has 1 heterocycles. The Morgan fingerprint density at radius 2 is 2.16 bits per heavy atom. The van der Waals surface area contributed by atoms with E-state index in [4.69, 9.17) is 11.0 Å². The highest BCUT2D eigenvalue weighted by molar-refractivity contribution is 5.79. The summed E-state index contributed by atoms with van der Waals surface area (Å²) in [6.45, 7) is 1.90. The van der Waals surface area contributed by atoms with E-state index in [0.717, 1.165) is 37.0 Å². The molecular weight excluding hydrogens is 238 g/mol. The second-order valence-electron chi connectivity index (χ2n) is 4.95. The zero-order valence-corrected chi connectivity index (χ0v) is 11.4. The number of nitrogens with two attached hydrogens (primary N) is 1. The van der Waals surface area contributed by atoms with Crippen LogP contribution < -0.4 is 5.73 Å². The van der Waals surface area contributed by atoms with E-state index in [9.17, 15) is 0 Å². The van der Waals surface area contributed by atoms with Crippen LogP contribution >= 0.6 is 0 Å². The fourth-order valence-corrected chi connectivity index (χ4v) is 2.14. The molecule has 0 bridgehead atoms. The second kappa shape index (κ2) is 5.72. The topological polar surface area (TPSA) is 70.9 Å². The summed E-state index contributed by atoms with van der Waals surface area (Å²) in [5.74, 6) is 0.523. The standard InChI is InChI=1S/C14H19N5/c1-18(2)7-3-4-8-19-13-9-11(10-15)5-6-12(13)17-14(19)16/h5-6,9H,3-4,7-8H2,1-2H3,(H2,16,17). The van der Waals surface area contributed by atoms with Gasteiger partial charge in [0.2, 0.25) is 5.95 Å². The Kier molecular flexibility index (Phi) is 4.03. The quantitative estimate of drug-likeness (QED) is 0.830. The molecule has 0 saturated carbocycles. The molecule has 0 atom stereocenters.